The standard InChI is InChI=1S/C25H31N3O3S/c1-5-32-21-7-8-22-18(16-21)10-15-28(22)23-9-6-20(17-26-23)30-19-11-13-27(14-12-19)24(29)31-25(2,3)4/h6-10,15-17,19H,5,11-14H2,1-4H3. The topological polar surface area (TPSA) is 56.6 Å². The van der Waals surface area contributed by atoms with Crippen LogP contribution in [0.25, 0.3) is 16.7 Å². The van der Waals surface area contributed by atoms with E-state index in [4.69, 9.17) is 9.47 Å². The number of nitrogens with zero attached hydrogens (tertiary/aromatic N) is 3. The van der Waals surface area contributed by atoms with Crippen LogP contribution < -0.4 is 4.74 Å². The Morgan fingerprint density at radius 1 is 1.16 bits per heavy atom. The SMILES string of the molecule is CCSc1ccc2c(ccn2-c2ccc(OC3CCN(C(=O)OC(C)(C)C)CC3)cn2)c1. The third-order valence-corrected chi connectivity index (χ3v) is 6.21. The van der Waals surface area contributed by atoms with Crippen LogP contribution in [0.15, 0.2) is 53.7 Å². The smallest absolute Gasteiger partial charge is 0.410 e. The number of ether oxygens (including phenoxy) is 2. The quantitative estimate of drug-likeness (QED) is 0.449. The van der Waals surface area contributed by atoms with E-state index in [-0.39, 0.29) is 12.2 Å². The molecule has 0 spiro atoms. The lowest BCUT2D eigenvalue weighted by Crippen LogP contribution is -2.44. The Bertz CT molecular complexity index is 1060. The zero-order chi connectivity index (χ0) is 22.7. The first-order chi connectivity index (χ1) is 15.3. The summed E-state index contributed by atoms with van der Waals surface area (Å²) in [5, 5.41) is 1.21. The minimum absolute atomic E-state index is 0.0724. The second-order valence-corrected chi connectivity index (χ2v) is 10.3. The molecule has 1 amide bonds. The Hall–Kier alpha value is -2.67. The third-order valence-electron chi connectivity index (χ3n) is 5.34. The Balaban J connectivity index is 1.36. The van der Waals surface area contributed by atoms with Crippen LogP contribution in [0.4, 0.5) is 4.79 Å². The number of rotatable bonds is 5. The molecule has 0 N–H and O–H groups in total. The van der Waals surface area contributed by atoms with Gasteiger partial charge in [-0.05, 0) is 62.9 Å². The molecule has 0 radical (unpaired) electrons. The molecule has 0 bridgehead atoms. The molecule has 7 heteroatoms. The molecule has 0 saturated carbocycles. The fourth-order valence-electron chi connectivity index (χ4n) is 3.84. The summed E-state index contributed by atoms with van der Waals surface area (Å²) in [5.41, 5.74) is 0.667. The van der Waals surface area contributed by atoms with E-state index in [1.54, 1.807) is 11.1 Å². The van der Waals surface area contributed by atoms with E-state index >= 15 is 0 Å². The van der Waals surface area contributed by atoms with Crippen molar-refractivity contribution in [2.75, 3.05) is 18.8 Å². The highest BCUT2D eigenvalue weighted by atomic mass is 32.2. The van der Waals surface area contributed by atoms with Crippen LogP contribution in [0, 0.1) is 0 Å². The largest absolute Gasteiger partial charge is 0.489 e. The predicted octanol–water partition coefficient (Wildman–Crippen LogP) is 5.92. The summed E-state index contributed by atoms with van der Waals surface area (Å²) < 4.78 is 13.7. The van der Waals surface area contributed by atoms with E-state index in [1.165, 1.54) is 10.3 Å². The maximum atomic E-state index is 12.2. The van der Waals surface area contributed by atoms with Gasteiger partial charge in [0.15, 0.2) is 0 Å². The van der Waals surface area contributed by atoms with E-state index in [2.05, 4.69) is 46.9 Å². The van der Waals surface area contributed by atoms with Crippen LogP contribution in [-0.2, 0) is 4.74 Å². The van der Waals surface area contributed by atoms with Crippen LogP contribution in [0.5, 0.6) is 5.75 Å². The van der Waals surface area contributed by atoms with Crippen molar-refractivity contribution >= 4 is 28.8 Å². The van der Waals surface area contributed by atoms with Gasteiger partial charge in [-0.2, -0.15) is 0 Å². The van der Waals surface area contributed by atoms with Gasteiger partial charge in [0.05, 0.1) is 11.7 Å². The number of hydrogen-bond acceptors (Lipinski definition) is 5. The fraction of sp³-hybridized carbons (Fsp3) is 0.440. The summed E-state index contributed by atoms with van der Waals surface area (Å²) in [6.45, 7) is 9.10. The molecule has 0 aliphatic carbocycles. The Kier molecular flexibility index (Phi) is 6.65. The first kappa shape index (κ1) is 22.5. The number of amides is 1. The number of hydrogen-bond donors (Lipinski definition) is 0. The van der Waals surface area contributed by atoms with Crippen molar-refractivity contribution in [2.45, 2.75) is 57.1 Å². The molecule has 3 aromatic rings. The number of carbonyl (C=O) groups is 1. The average molecular weight is 454 g/mol. The van der Waals surface area contributed by atoms with Crippen molar-refractivity contribution in [2.24, 2.45) is 0 Å². The van der Waals surface area contributed by atoms with Crippen molar-refractivity contribution in [1.82, 2.24) is 14.5 Å². The molecule has 1 aliphatic rings. The summed E-state index contributed by atoms with van der Waals surface area (Å²) in [6.07, 6.45) is 5.22. The first-order valence-electron chi connectivity index (χ1n) is 11.2. The highest BCUT2D eigenvalue weighted by Gasteiger charge is 2.27. The van der Waals surface area contributed by atoms with Gasteiger partial charge in [-0.15, -0.1) is 11.8 Å². The molecule has 32 heavy (non-hydrogen) atoms. The molecule has 0 unspecified atom stereocenters. The molecule has 2 aromatic heterocycles. The summed E-state index contributed by atoms with van der Waals surface area (Å²) in [4.78, 5) is 19.9. The number of piperidine rings is 1. The van der Waals surface area contributed by atoms with Gasteiger partial charge in [0.25, 0.3) is 0 Å². The zero-order valence-corrected chi connectivity index (χ0v) is 20.0. The predicted molar refractivity (Wildman–Crippen MR) is 129 cm³/mol. The maximum Gasteiger partial charge on any atom is 0.410 e. The van der Waals surface area contributed by atoms with Crippen molar-refractivity contribution < 1.29 is 14.3 Å². The summed E-state index contributed by atoms with van der Waals surface area (Å²) in [7, 11) is 0. The molecule has 1 saturated heterocycles. The van der Waals surface area contributed by atoms with E-state index < -0.39 is 5.60 Å². The maximum absolute atomic E-state index is 12.2. The normalized spacial score (nSPS) is 15.2. The van der Waals surface area contributed by atoms with Crippen molar-refractivity contribution in [3.63, 3.8) is 0 Å². The molecule has 1 aliphatic heterocycles. The highest BCUT2D eigenvalue weighted by Crippen LogP contribution is 2.27. The van der Waals surface area contributed by atoms with Crippen molar-refractivity contribution in [1.29, 1.82) is 0 Å². The summed E-state index contributed by atoms with van der Waals surface area (Å²) in [5.74, 6) is 2.68. The number of benzene rings is 1. The van der Waals surface area contributed by atoms with Crippen LogP contribution in [0.3, 0.4) is 0 Å². The van der Waals surface area contributed by atoms with Gasteiger partial charge in [-0.1, -0.05) is 6.92 Å². The van der Waals surface area contributed by atoms with Crippen LogP contribution >= 0.6 is 11.8 Å². The van der Waals surface area contributed by atoms with Crippen LogP contribution in [-0.4, -0.2) is 51.1 Å². The van der Waals surface area contributed by atoms with E-state index in [0.717, 1.165) is 35.7 Å². The number of thioether (sulfide) groups is 1. The van der Waals surface area contributed by atoms with Gasteiger partial charge in [0, 0.05) is 42.4 Å². The Morgan fingerprint density at radius 3 is 2.59 bits per heavy atom. The lowest BCUT2D eigenvalue weighted by molar-refractivity contribution is 0.0126. The van der Waals surface area contributed by atoms with Gasteiger partial charge in [-0.25, -0.2) is 9.78 Å². The van der Waals surface area contributed by atoms with Gasteiger partial charge in [0.1, 0.15) is 23.3 Å². The Morgan fingerprint density at radius 2 is 1.94 bits per heavy atom. The van der Waals surface area contributed by atoms with Crippen molar-refractivity contribution in [3.05, 3.63) is 48.8 Å². The van der Waals surface area contributed by atoms with Crippen molar-refractivity contribution in [3.8, 4) is 11.6 Å². The molecular formula is C25H31N3O3S. The second-order valence-electron chi connectivity index (χ2n) is 8.98. The van der Waals surface area contributed by atoms with Gasteiger partial charge in [-0.3, -0.25) is 0 Å². The minimum atomic E-state index is -0.473. The zero-order valence-electron chi connectivity index (χ0n) is 19.2. The molecule has 170 valence electrons. The first-order valence-corrected chi connectivity index (χ1v) is 12.2. The lowest BCUT2D eigenvalue weighted by Gasteiger charge is -2.33. The number of fused-ring (bicyclic) bond motifs is 1. The summed E-state index contributed by atoms with van der Waals surface area (Å²) >= 11 is 1.85. The minimum Gasteiger partial charge on any atom is -0.489 e. The second kappa shape index (κ2) is 9.45. The molecule has 6 nitrogen and oxygen atoms in total. The van der Waals surface area contributed by atoms with E-state index in [9.17, 15) is 4.79 Å². The Labute approximate surface area is 193 Å². The lowest BCUT2D eigenvalue weighted by atomic mass is 10.1. The molecular weight excluding hydrogens is 422 g/mol. The summed E-state index contributed by atoms with van der Waals surface area (Å²) in [6, 6.07) is 12.6. The van der Waals surface area contributed by atoms with Gasteiger partial charge >= 0.3 is 6.09 Å². The van der Waals surface area contributed by atoms with E-state index in [0.29, 0.717) is 13.1 Å². The van der Waals surface area contributed by atoms with E-state index in [1.807, 2.05) is 44.7 Å². The number of aromatic nitrogens is 2. The molecule has 0 atom stereocenters. The van der Waals surface area contributed by atoms with Crippen LogP contribution in [0.2, 0.25) is 0 Å². The number of likely N-dealkylation sites (tertiary alicyclic amines) is 1. The molecule has 1 fully saturated rings. The van der Waals surface area contributed by atoms with Gasteiger partial charge in [0.2, 0.25) is 0 Å². The van der Waals surface area contributed by atoms with Crippen LogP contribution in [0.1, 0.15) is 40.5 Å². The third kappa shape index (κ3) is 5.38. The van der Waals surface area contributed by atoms with Gasteiger partial charge < -0.3 is 18.9 Å². The highest BCUT2D eigenvalue weighted by molar-refractivity contribution is 7.99. The number of pyridine rings is 1. The fourth-order valence-corrected chi connectivity index (χ4v) is 4.54. The monoisotopic (exact) mass is 453 g/mol. The molecule has 4 rings (SSSR count). The number of carbonyl (C=O) groups excluding carboxylic acids is 1. The molecule has 1 aromatic carbocycles. The average Bonchev–Trinajstić information content (AvgIpc) is 3.17. The molecule has 3 heterocycles.